The van der Waals surface area contributed by atoms with Gasteiger partial charge in [0.2, 0.25) is 11.8 Å². The molecule has 126 valence electrons. The number of H-pyrrole nitrogens is 1. The fourth-order valence-corrected chi connectivity index (χ4v) is 1.95. The van der Waals surface area contributed by atoms with Crippen LogP contribution in [0.2, 0.25) is 0 Å². The zero-order valence-electron chi connectivity index (χ0n) is 13.4. The molecule has 1 aromatic rings. The largest absolute Gasteiger partial charge is 0.494 e. The molecule has 8 nitrogen and oxygen atoms in total. The van der Waals surface area contributed by atoms with Crippen LogP contribution in [-0.2, 0) is 11.3 Å². The minimum atomic E-state index is -0.754. The Bertz CT molecular complexity index is 715. The maximum atomic E-state index is 12.0. The first kappa shape index (κ1) is 18.4. The van der Waals surface area contributed by atoms with E-state index >= 15 is 0 Å². The van der Waals surface area contributed by atoms with Gasteiger partial charge in [-0.3, -0.25) is 19.1 Å². The van der Waals surface area contributed by atoms with Gasteiger partial charge in [0, 0.05) is 13.0 Å². The number of carbonyl (C=O) groups is 1. The molecule has 0 spiro atoms. The standard InChI is InChI=1S/C15H22N4O4/c1-4-7-8-11(20)18-17-10(6-3)12-13(21)16-15(23)19(9-5-2)14(12)22/h5,22H,2,4,6-9H2,1,3H3,(H,18,20)(H,16,21,23)/b17-10+. The van der Waals surface area contributed by atoms with Crippen LogP contribution < -0.4 is 16.7 Å². The third-order valence-corrected chi connectivity index (χ3v) is 3.18. The lowest BCUT2D eigenvalue weighted by molar-refractivity contribution is -0.121. The van der Waals surface area contributed by atoms with E-state index in [0.29, 0.717) is 6.42 Å². The van der Waals surface area contributed by atoms with Gasteiger partial charge in [-0.15, -0.1) is 6.58 Å². The van der Waals surface area contributed by atoms with Crippen LogP contribution in [0.1, 0.15) is 45.1 Å². The zero-order chi connectivity index (χ0) is 17.4. The SMILES string of the molecule is C=CCn1c(O)c(/C(CC)=N/NC(=O)CCCC)c(=O)[nH]c1=O. The highest BCUT2D eigenvalue weighted by Gasteiger charge is 2.18. The van der Waals surface area contributed by atoms with Gasteiger partial charge in [0.05, 0.1) is 5.71 Å². The molecule has 0 aliphatic carbocycles. The van der Waals surface area contributed by atoms with Crippen molar-refractivity contribution in [1.29, 1.82) is 0 Å². The highest BCUT2D eigenvalue weighted by Crippen LogP contribution is 2.13. The van der Waals surface area contributed by atoms with Crippen LogP contribution in [0, 0.1) is 0 Å². The third-order valence-electron chi connectivity index (χ3n) is 3.18. The van der Waals surface area contributed by atoms with Crippen LogP contribution in [0.15, 0.2) is 27.3 Å². The zero-order valence-corrected chi connectivity index (χ0v) is 13.4. The van der Waals surface area contributed by atoms with Crippen molar-refractivity contribution in [1.82, 2.24) is 15.0 Å². The monoisotopic (exact) mass is 322 g/mol. The minimum Gasteiger partial charge on any atom is -0.494 e. The average Bonchev–Trinajstić information content (AvgIpc) is 2.52. The second-order valence-corrected chi connectivity index (χ2v) is 4.91. The van der Waals surface area contributed by atoms with Crippen molar-refractivity contribution in [2.75, 3.05) is 0 Å². The maximum Gasteiger partial charge on any atom is 0.331 e. The summed E-state index contributed by atoms with van der Waals surface area (Å²) in [4.78, 5) is 37.4. The van der Waals surface area contributed by atoms with Gasteiger partial charge in [-0.1, -0.05) is 26.3 Å². The number of aromatic nitrogens is 2. The molecule has 1 rings (SSSR count). The molecule has 0 saturated heterocycles. The number of nitrogens with one attached hydrogen (secondary N) is 2. The predicted molar refractivity (Wildman–Crippen MR) is 87.7 cm³/mol. The van der Waals surface area contributed by atoms with E-state index in [1.807, 2.05) is 6.92 Å². The average molecular weight is 322 g/mol. The normalized spacial score (nSPS) is 11.3. The van der Waals surface area contributed by atoms with Gasteiger partial charge in [-0.2, -0.15) is 5.10 Å². The second kappa shape index (κ2) is 8.72. The number of aromatic hydroxyl groups is 1. The maximum absolute atomic E-state index is 12.0. The number of allylic oxidation sites excluding steroid dienone is 1. The lowest BCUT2D eigenvalue weighted by Gasteiger charge is -2.10. The van der Waals surface area contributed by atoms with Crippen LogP contribution in [0.25, 0.3) is 0 Å². The molecule has 23 heavy (non-hydrogen) atoms. The van der Waals surface area contributed by atoms with E-state index in [1.54, 1.807) is 6.92 Å². The number of unbranched alkanes of at least 4 members (excludes halogenated alkanes) is 1. The summed E-state index contributed by atoms with van der Waals surface area (Å²) < 4.78 is 0.966. The van der Waals surface area contributed by atoms with E-state index in [2.05, 4.69) is 22.1 Å². The van der Waals surface area contributed by atoms with E-state index in [9.17, 15) is 19.5 Å². The fourth-order valence-electron chi connectivity index (χ4n) is 1.95. The van der Waals surface area contributed by atoms with Crippen molar-refractivity contribution < 1.29 is 9.90 Å². The predicted octanol–water partition coefficient (Wildman–Crippen LogP) is 0.849. The Labute approximate surface area is 133 Å². The molecule has 1 heterocycles. The third kappa shape index (κ3) is 4.67. The van der Waals surface area contributed by atoms with Crippen LogP contribution >= 0.6 is 0 Å². The van der Waals surface area contributed by atoms with Crippen molar-refractivity contribution >= 4 is 11.6 Å². The first-order valence-electron chi connectivity index (χ1n) is 7.48. The molecule has 0 bridgehead atoms. The molecule has 0 saturated carbocycles. The van der Waals surface area contributed by atoms with Gasteiger partial charge in [0.15, 0.2) is 0 Å². The molecule has 0 fully saturated rings. The highest BCUT2D eigenvalue weighted by molar-refractivity contribution is 6.02. The lowest BCUT2D eigenvalue weighted by Crippen LogP contribution is -2.34. The number of nitrogens with zero attached hydrogens (tertiary/aromatic N) is 2. The van der Waals surface area contributed by atoms with Crippen molar-refractivity contribution in [2.45, 2.75) is 46.1 Å². The molecule has 1 aromatic heterocycles. The van der Waals surface area contributed by atoms with Crippen molar-refractivity contribution in [3.63, 3.8) is 0 Å². The van der Waals surface area contributed by atoms with E-state index < -0.39 is 17.1 Å². The smallest absolute Gasteiger partial charge is 0.331 e. The molecule has 0 aromatic carbocycles. The van der Waals surface area contributed by atoms with Crippen LogP contribution in [-0.4, -0.2) is 26.3 Å². The summed E-state index contributed by atoms with van der Waals surface area (Å²) in [6.45, 7) is 7.22. The number of carbonyl (C=O) groups excluding carboxylic acids is 1. The molecule has 0 aliphatic heterocycles. The summed E-state index contributed by atoms with van der Waals surface area (Å²) >= 11 is 0. The topological polar surface area (TPSA) is 117 Å². The fraction of sp³-hybridized carbons (Fsp3) is 0.467. The van der Waals surface area contributed by atoms with Gasteiger partial charge in [-0.05, 0) is 12.8 Å². The Hall–Kier alpha value is -2.64. The number of rotatable bonds is 8. The van der Waals surface area contributed by atoms with Gasteiger partial charge < -0.3 is 5.11 Å². The number of aromatic amines is 1. The summed E-state index contributed by atoms with van der Waals surface area (Å²) in [5.74, 6) is -0.768. The highest BCUT2D eigenvalue weighted by atomic mass is 16.3. The Morgan fingerprint density at radius 1 is 1.43 bits per heavy atom. The van der Waals surface area contributed by atoms with Gasteiger partial charge in [-0.25, -0.2) is 10.2 Å². The van der Waals surface area contributed by atoms with Gasteiger partial charge in [0.1, 0.15) is 5.56 Å². The van der Waals surface area contributed by atoms with E-state index in [-0.39, 0.29) is 30.1 Å². The summed E-state index contributed by atoms with van der Waals surface area (Å²) in [5, 5.41) is 14.1. The molecule has 0 unspecified atom stereocenters. The molecular weight excluding hydrogens is 300 g/mol. The minimum absolute atomic E-state index is 0.0360. The molecule has 0 aliphatic rings. The van der Waals surface area contributed by atoms with Gasteiger partial charge >= 0.3 is 5.69 Å². The van der Waals surface area contributed by atoms with Crippen LogP contribution in [0.4, 0.5) is 0 Å². The van der Waals surface area contributed by atoms with Crippen LogP contribution in [0.5, 0.6) is 5.88 Å². The quantitative estimate of drug-likeness (QED) is 0.373. The Morgan fingerprint density at radius 3 is 2.70 bits per heavy atom. The summed E-state index contributed by atoms with van der Waals surface area (Å²) in [7, 11) is 0. The van der Waals surface area contributed by atoms with Crippen molar-refractivity contribution in [2.24, 2.45) is 5.10 Å². The lowest BCUT2D eigenvalue weighted by atomic mass is 10.1. The number of amides is 1. The van der Waals surface area contributed by atoms with E-state index in [1.165, 1.54) is 6.08 Å². The van der Waals surface area contributed by atoms with E-state index in [4.69, 9.17) is 0 Å². The molecule has 1 amide bonds. The first-order chi connectivity index (χ1) is 11.0. The number of hydrogen-bond donors (Lipinski definition) is 3. The second-order valence-electron chi connectivity index (χ2n) is 4.91. The molecule has 3 N–H and O–H groups in total. The summed E-state index contributed by atoms with van der Waals surface area (Å²) in [5.41, 5.74) is 0.926. The van der Waals surface area contributed by atoms with E-state index in [0.717, 1.165) is 17.4 Å². The summed E-state index contributed by atoms with van der Waals surface area (Å²) in [6, 6.07) is 0. The Balaban J connectivity index is 3.22. The molecule has 0 radical (unpaired) electrons. The first-order valence-corrected chi connectivity index (χ1v) is 7.48. The Kier molecular flexibility index (Phi) is 6.98. The van der Waals surface area contributed by atoms with Crippen LogP contribution in [0.3, 0.4) is 0 Å². The Morgan fingerprint density at radius 2 is 2.13 bits per heavy atom. The molecule has 0 atom stereocenters. The van der Waals surface area contributed by atoms with Gasteiger partial charge in [0.25, 0.3) is 5.56 Å². The van der Waals surface area contributed by atoms with Crippen molar-refractivity contribution in [3.05, 3.63) is 39.1 Å². The van der Waals surface area contributed by atoms with Crippen molar-refractivity contribution in [3.8, 4) is 5.88 Å². The molecular formula is C15H22N4O4. The number of hydrogen-bond acceptors (Lipinski definition) is 5. The summed E-state index contributed by atoms with van der Waals surface area (Å²) in [6.07, 6.45) is 3.65. The molecule has 8 heteroatoms. The number of hydrazone groups is 1.